The number of rotatable bonds is 4. The Morgan fingerprint density at radius 3 is 2.84 bits per heavy atom. The SMILES string of the molecule is Cn1c(SCC(=O)c2ccc(Br)cc2)nc2sc3c(c2c1=O)CCC3. The number of Topliss-reactive ketones (excluding diaryl/α,β-unsaturated/α-hetero) is 1. The van der Waals surface area contributed by atoms with Crippen molar-refractivity contribution >= 4 is 55.0 Å². The maximum absolute atomic E-state index is 12.7. The molecule has 25 heavy (non-hydrogen) atoms. The van der Waals surface area contributed by atoms with Gasteiger partial charge in [0, 0.05) is 22.0 Å². The molecule has 0 radical (unpaired) electrons. The number of aryl methyl sites for hydroxylation is 2. The van der Waals surface area contributed by atoms with Crippen LogP contribution in [0.15, 0.2) is 38.7 Å². The molecule has 1 aromatic carbocycles. The Morgan fingerprint density at radius 2 is 2.08 bits per heavy atom. The molecular formula is C18H15BrN2O2S2. The number of ketones is 1. The van der Waals surface area contributed by atoms with Crippen molar-refractivity contribution in [3.63, 3.8) is 0 Å². The molecule has 0 amide bonds. The lowest BCUT2D eigenvalue weighted by atomic mass is 10.2. The highest BCUT2D eigenvalue weighted by molar-refractivity contribution is 9.10. The number of carbonyl (C=O) groups excluding carboxylic acids is 1. The molecule has 2 heterocycles. The van der Waals surface area contributed by atoms with Crippen molar-refractivity contribution in [3.8, 4) is 0 Å². The number of thioether (sulfide) groups is 1. The van der Waals surface area contributed by atoms with Crippen LogP contribution in [-0.4, -0.2) is 21.1 Å². The summed E-state index contributed by atoms with van der Waals surface area (Å²) in [6, 6.07) is 7.30. The summed E-state index contributed by atoms with van der Waals surface area (Å²) in [6.45, 7) is 0. The monoisotopic (exact) mass is 434 g/mol. The number of benzene rings is 1. The number of halogens is 1. The number of nitrogens with zero attached hydrogens (tertiary/aromatic N) is 2. The Kier molecular flexibility index (Phi) is 4.56. The normalized spacial score (nSPS) is 13.4. The highest BCUT2D eigenvalue weighted by Crippen LogP contribution is 2.35. The lowest BCUT2D eigenvalue weighted by molar-refractivity contribution is 0.102. The van der Waals surface area contributed by atoms with Crippen molar-refractivity contribution in [2.24, 2.45) is 7.05 Å². The van der Waals surface area contributed by atoms with Crippen LogP contribution < -0.4 is 5.56 Å². The molecule has 1 aliphatic carbocycles. The number of hydrogen-bond acceptors (Lipinski definition) is 5. The van der Waals surface area contributed by atoms with E-state index >= 15 is 0 Å². The first-order valence-electron chi connectivity index (χ1n) is 7.97. The fraction of sp³-hybridized carbons (Fsp3) is 0.278. The standard InChI is InChI=1S/C18H15BrN2O2S2/c1-21-17(23)15-12-3-2-4-14(12)25-16(15)20-18(21)24-9-13(22)10-5-7-11(19)8-6-10/h5-8H,2-4,9H2,1H3. The van der Waals surface area contributed by atoms with Gasteiger partial charge in [-0.1, -0.05) is 39.8 Å². The maximum atomic E-state index is 12.7. The number of fused-ring (bicyclic) bond motifs is 3. The third kappa shape index (κ3) is 3.09. The molecule has 0 saturated carbocycles. The molecule has 128 valence electrons. The number of carbonyl (C=O) groups is 1. The van der Waals surface area contributed by atoms with Crippen LogP contribution >= 0.6 is 39.0 Å². The minimum absolute atomic E-state index is 0.00277. The topological polar surface area (TPSA) is 52.0 Å². The van der Waals surface area contributed by atoms with Gasteiger partial charge in [-0.3, -0.25) is 14.2 Å². The van der Waals surface area contributed by atoms with Crippen LogP contribution in [0.3, 0.4) is 0 Å². The molecule has 4 rings (SSSR count). The smallest absolute Gasteiger partial charge is 0.262 e. The van der Waals surface area contributed by atoms with Gasteiger partial charge >= 0.3 is 0 Å². The van der Waals surface area contributed by atoms with E-state index in [1.54, 1.807) is 35.1 Å². The third-order valence-corrected chi connectivity index (χ3v) is 7.15. The van der Waals surface area contributed by atoms with Crippen LogP contribution in [0.2, 0.25) is 0 Å². The summed E-state index contributed by atoms with van der Waals surface area (Å²) in [4.78, 5) is 31.9. The first-order valence-corrected chi connectivity index (χ1v) is 10.6. The maximum Gasteiger partial charge on any atom is 0.262 e. The summed E-state index contributed by atoms with van der Waals surface area (Å²) >= 11 is 6.31. The lowest BCUT2D eigenvalue weighted by Crippen LogP contribution is -2.20. The van der Waals surface area contributed by atoms with E-state index < -0.39 is 0 Å². The molecule has 0 aliphatic heterocycles. The second-order valence-electron chi connectivity index (χ2n) is 6.01. The predicted molar refractivity (Wildman–Crippen MR) is 106 cm³/mol. The molecule has 1 aliphatic rings. The minimum Gasteiger partial charge on any atom is -0.293 e. The van der Waals surface area contributed by atoms with Gasteiger partial charge in [0.2, 0.25) is 0 Å². The van der Waals surface area contributed by atoms with Crippen LogP contribution in [-0.2, 0) is 19.9 Å². The van der Waals surface area contributed by atoms with Gasteiger partial charge in [-0.2, -0.15) is 0 Å². The molecule has 2 aromatic heterocycles. The molecule has 0 saturated heterocycles. The quantitative estimate of drug-likeness (QED) is 0.350. The highest BCUT2D eigenvalue weighted by atomic mass is 79.9. The predicted octanol–water partition coefficient (Wildman–Crippen LogP) is 4.22. The highest BCUT2D eigenvalue weighted by Gasteiger charge is 2.22. The molecule has 0 unspecified atom stereocenters. The molecule has 0 N–H and O–H groups in total. The summed E-state index contributed by atoms with van der Waals surface area (Å²) < 4.78 is 2.52. The summed E-state index contributed by atoms with van der Waals surface area (Å²) in [7, 11) is 1.74. The number of thiophene rings is 1. The van der Waals surface area contributed by atoms with Crippen LogP contribution in [0.5, 0.6) is 0 Å². The molecular weight excluding hydrogens is 420 g/mol. The minimum atomic E-state index is 0.00277. The Labute approximate surface area is 161 Å². The largest absolute Gasteiger partial charge is 0.293 e. The van der Waals surface area contributed by atoms with Crippen LogP contribution in [0.4, 0.5) is 0 Å². The molecule has 0 atom stereocenters. The van der Waals surface area contributed by atoms with E-state index in [0.29, 0.717) is 10.7 Å². The Balaban J connectivity index is 1.61. The first kappa shape index (κ1) is 17.0. The van der Waals surface area contributed by atoms with Gasteiger partial charge in [-0.15, -0.1) is 11.3 Å². The van der Waals surface area contributed by atoms with Gasteiger partial charge in [0.15, 0.2) is 10.9 Å². The summed E-state index contributed by atoms with van der Waals surface area (Å²) in [5, 5.41) is 1.38. The van der Waals surface area contributed by atoms with Crippen molar-refractivity contribution < 1.29 is 4.79 Å². The van der Waals surface area contributed by atoms with Crippen molar-refractivity contribution in [2.45, 2.75) is 24.4 Å². The second-order valence-corrected chi connectivity index (χ2v) is 8.96. The average Bonchev–Trinajstić information content (AvgIpc) is 3.17. The number of hydrogen-bond donors (Lipinski definition) is 0. The van der Waals surface area contributed by atoms with Crippen LogP contribution in [0.25, 0.3) is 10.2 Å². The molecule has 0 fully saturated rings. The van der Waals surface area contributed by atoms with E-state index in [9.17, 15) is 9.59 Å². The zero-order valence-electron chi connectivity index (χ0n) is 13.5. The molecule has 7 heteroatoms. The van der Waals surface area contributed by atoms with Gasteiger partial charge in [0.05, 0.1) is 11.1 Å². The van der Waals surface area contributed by atoms with Gasteiger partial charge in [-0.05, 0) is 37.0 Å². The van der Waals surface area contributed by atoms with E-state index in [0.717, 1.165) is 34.0 Å². The molecule has 4 nitrogen and oxygen atoms in total. The zero-order chi connectivity index (χ0) is 17.6. The Morgan fingerprint density at radius 1 is 1.32 bits per heavy atom. The summed E-state index contributed by atoms with van der Waals surface area (Å²) in [6.07, 6.45) is 3.14. The molecule has 3 aromatic rings. The van der Waals surface area contributed by atoms with Gasteiger partial charge in [0.25, 0.3) is 5.56 Å². The number of aromatic nitrogens is 2. The third-order valence-electron chi connectivity index (χ3n) is 4.40. The first-order chi connectivity index (χ1) is 12.0. The van der Waals surface area contributed by atoms with Gasteiger partial charge in [-0.25, -0.2) is 4.98 Å². The summed E-state index contributed by atoms with van der Waals surface area (Å²) in [5.74, 6) is 0.291. The van der Waals surface area contributed by atoms with Crippen molar-refractivity contribution in [1.29, 1.82) is 0 Å². The molecule has 0 bridgehead atoms. The molecule has 0 spiro atoms. The Hall–Kier alpha value is -1.44. The van der Waals surface area contributed by atoms with Crippen LogP contribution in [0.1, 0.15) is 27.2 Å². The summed E-state index contributed by atoms with van der Waals surface area (Å²) in [5.41, 5.74) is 1.86. The van der Waals surface area contributed by atoms with Gasteiger partial charge < -0.3 is 0 Å². The van der Waals surface area contributed by atoms with E-state index in [2.05, 4.69) is 20.9 Å². The van der Waals surface area contributed by atoms with E-state index in [1.807, 2.05) is 12.1 Å². The fourth-order valence-corrected chi connectivity index (χ4v) is 5.52. The van der Waals surface area contributed by atoms with E-state index in [4.69, 9.17) is 0 Å². The van der Waals surface area contributed by atoms with Gasteiger partial charge in [0.1, 0.15) is 4.83 Å². The van der Waals surface area contributed by atoms with Crippen molar-refractivity contribution in [1.82, 2.24) is 9.55 Å². The van der Waals surface area contributed by atoms with Crippen LogP contribution in [0, 0.1) is 0 Å². The van der Waals surface area contributed by atoms with E-state index in [1.165, 1.54) is 22.2 Å². The zero-order valence-corrected chi connectivity index (χ0v) is 16.8. The van der Waals surface area contributed by atoms with E-state index in [-0.39, 0.29) is 17.1 Å². The van der Waals surface area contributed by atoms with Crippen molar-refractivity contribution in [3.05, 3.63) is 55.1 Å². The average molecular weight is 435 g/mol. The second kappa shape index (κ2) is 6.70. The Bertz CT molecular complexity index is 1040. The lowest BCUT2D eigenvalue weighted by Gasteiger charge is -2.07. The van der Waals surface area contributed by atoms with Crippen molar-refractivity contribution in [2.75, 3.05) is 5.75 Å². The fourth-order valence-electron chi connectivity index (χ4n) is 3.08.